The Balaban J connectivity index is 1.29. The Morgan fingerprint density at radius 3 is 2.50 bits per heavy atom. The molecule has 0 unspecified atom stereocenters. The summed E-state index contributed by atoms with van der Waals surface area (Å²) in [7, 11) is 1.50. The van der Waals surface area contributed by atoms with E-state index in [2.05, 4.69) is 10.6 Å². The van der Waals surface area contributed by atoms with Crippen LogP contribution in [0.25, 0.3) is 0 Å². The molecular formula is C31H31N3O6. The van der Waals surface area contributed by atoms with Gasteiger partial charge in [-0.25, -0.2) is 0 Å². The summed E-state index contributed by atoms with van der Waals surface area (Å²) in [6, 6.07) is 21.7. The summed E-state index contributed by atoms with van der Waals surface area (Å²) in [6.45, 7) is 0.788. The van der Waals surface area contributed by atoms with Gasteiger partial charge in [0, 0.05) is 18.7 Å². The van der Waals surface area contributed by atoms with Crippen molar-refractivity contribution in [2.24, 2.45) is 0 Å². The summed E-state index contributed by atoms with van der Waals surface area (Å²) < 4.78 is 17.4. The van der Waals surface area contributed by atoms with E-state index >= 15 is 0 Å². The van der Waals surface area contributed by atoms with Gasteiger partial charge < -0.3 is 29.7 Å². The third-order valence-electron chi connectivity index (χ3n) is 7.84. The average molecular weight is 542 g/mol. The zero-order valence-electron chi connectivity index (χ0n) is 22.2. The second-order valence-electron chi connectivity index (χ2n) is 10.5. The van der Waals surface area contributed by atoms with Gasteiger partial charge in [0.2, 0.25) is 5.91 Å². The van der Waals surface area contributed by atoms with Crippen molar-refractivity contribution >= 4 is 17.7 Å². The van der Waals surface area contributed by atoms with Crippen LogP contribution in [-0.2, 0) is 21.5 Å². The summed E-state index contributed by atoms with van der Waals surface area (Å²) in [6.07, 6.45) is 1.16. The molecule has 1 saturated carbocycles. The van der Waals surface area contributed by atoms with Crippen molar-refractivity contribution in [1.82, 2.24) is 15.5 Å². The summed E-state index contributed by atoms with van der Waals surface area (Å²) >= 11 is 0. The van der Waals surface area contributed by atoms with Crippen LogP contribution >= 0.6 is 0 Å². The topological polar surface area (TPSA) is 106 Å². The van der Waals surface area contributed by atoms with Crippen LogP contribution in [0.4, 0.5) is 0 Å². The van der Waals surface area contributed by atoms with Gasteiger partial charge in [0.1, 0.15) is 11.9 Å². The van der Waals surface area contributed by atoms with E-state index in [0.29, 0.717) is 36.7 Å². The van der Waals surface area contributed by atoms with Crippen molar-refractivity contribution in [2.45, 2.75) is 36.9 Å². The molecule has 7 rings (SSSR count). The van der Waals surface area contributed by atoms with Crippen LogP contribution in [0, 0.1) is 0 Å². The van der Waals surface area contributed by atoms with Crippen LogP contribution in [0.2, 0.25) is 0 Å². The van der Waals surface area contributed by atoms with Gasteiger partial charge in [-0.15, -0.1) is 0 Å². The molecule has 3 aromatic carbocycles. The highest BCUT2D eigenvalue weighted by molar-refractivity contribution is 5.95. The van der Waals surface area contributed by atoms with E-state index in [0.717, 1.165) is 24.0 Å². The first-order valence-corrected chi connectivity index (χ1v) is 13.4. The van der Waals surface area contributed by atoms with Crippen LogP contribution in [0.5, 0.6) is 17.2 Å². The lowest BCUT2D eigenvalue weighted by Gasteiger charge is -2.23. The minimum atomic E-state index is -0.507. The summed E-state index contributed by atoms with van der Waals surface area (Å²) in [5, 5.41) is 5.91. The van der Waals surface area contributed by atoms with Crippen molar-refractivity contribution in [2.75, 3.05) is 26.8 Å². The molecule has 40 heavy (non-hydrogen) atoms. The average Bonchev–Trinajstić information content (AvgIpc) is 3.71. The fraction of sp³-hybridized carbons (Fsp3) is 0.323. The van der Waals surface area contributed by atoms with E-state index in [1.807, 2.05) is 59.5 Å². The molecule has 0 spiro atoms. The molecule has 3 amide bonds. The van der Waals surface area contributed by atoms with Crippen molar-refractivity contribution in [1.29, 1.82) is 0 Å². The Hall–Kier alpha value is -4.53. The van der Waals surface area contributed by atoms with E-state index in [9.17, 15) is 14.4 Å². The van der Waals surface area contributed by atoms with E-state index in [4.69, 9.17) is 14.2 Å². The number of carbonyl (C=O) groups is 3. The maximum atomic E-state index is 13.8. The molecule has 3 aromatic rings. The first-order valence-electron chi connectivity index (χ1n) is 13.4. The number of benzene rings is 3. The summed E-state index contributed by atoms with van der Waals surface area (Å²) in [5.74, 6) is 0.744. The second-order valence-corrected chi connectivity index (χ2v) is 10.5. The summed E-state index contributed by atoms with van der Waals surface area (Å²) in [5.41, 5.74) is 1.76. The molecule has 4 aliphatic rings. The molecule has 4 bridgehead atoms. The molecule has 9 nitrogen and oxygen atoms in total. The molecule has 9 heteroatoms. The molecule has 3 heterocycles. The number of rotatable bonds is 3. The lowest BCUT2D eigenvalue weighted by atomic mass is 9.94. The number of ether oxygens (including phenoxy) is 3. The SMILES string of the molecule is COc1ccc2cc1OCC(=O)NCc1ccc(cc1)O[C@H]1CN(C(=O)C3(c4ccccc4)CC3)C[C@@H]1NC2=O. The van der Waals surface area contributed by atoms with Crippen molar-refractivity contribution < 1.29 is 28.6 Å². The second kappa shape index (κ2) is 10.6. The largest absolute Gasteiger partial charge is 0.493 e. The molecular weight excluding hydrogens is 510 g/mol. The van der Waals surface area contributed by atoms with E-state index < -0.39 is 17.6 Å². The number of nitrogens with zero attached hydrogens (tertiary/aromatic N) is 1. The van der Waals surface area contributed by atoms with Crippen LogP contribution in [-0.4, -0.2) is 61.6 Å². The molecule has 0 aromatic heterocycles. The fourth-order valence-corrected chi connectivity index (χ4v) is 5.45. The predicted octanol–water partition coefficient (Wildman–Crippen LogP) is 2.82. The highest BCUT2D eigenvalue weighted by atomic mass is 16.5. The molecule has 2 N–H and O–H groups in total. The van der Waals surface area contributed by atoms with Crippen LogP contribution in [0.3, 0.4) is 0 Å². The maximum Gasteiger partial charge on any atom is 0.258 e. The molecule has 1 saturated heterocycles. The zero-order valence-corrected chi connectivity index (χ0v) is 22.2. The Kier molecular flexibility index (Phi) is 6.79. The quantitative estimate of drug-likeness (QED) is 0.528. The van der Waals surface area contributed by atoms with E-state index in [1.165, 1.54) is 7.11 Å². The molecule has 206 valence electrons. The van der Waals surface area contributed by atoms with Gasteiger partial charge >= 0.3 is 0 Å². The molecule has 1 aliphatic carbocycles. The highest BCUT2D eigenvalue weighted by Crippen LogP contribution is 2.50. The van der Waals surface area contributed by atoms with Crippen molar-refractivity contribution in [3.63, 3.8) is 0 Å². The predicted molar refractivity (Wildman–Crippen MR) is 146 cm³/mol. The van der Waals surface area contributed by atoms with Crippen LogP contribution in [0.1, 0.15) is 34.3 Å². The van der Waals surface area contributed by atoms with Gasteiger partial charge in [-0.3, -0.25) is 14.4 Å². The van der Waals surface area contributed by atoms with Crippen LogP contribution in [0.15, 0.2) is 72.8 Å². The minimum absolute atomic E-state index is 0.0670. The number of fused-ring (bicyclic) bond motifs is 7. The molecule has 0 radical (unpaired) electrons. The molecule has 3 aliphatic heterocycles. The normalized spacial score (nSPS) is 21.7. The first kappa shape index (κ1) is 25.7. The monoisotopic (exact) mass is 541 g/mol. The zero-order chi connectivity index (χ0) is 27.7. The van der Waals surface area contributed by atoms with Gasteiger partial charge in [0.15, 0.2) is 18.1 Å². The Labute approximate surface area is 232 Å². The van der Waals surface area contributed by atoms with Crippen molar-refractivity contribution in [3.8, 4) is 17.2 Å². The standard InChI is InChI=1S/C31H31N3O6/c1-38-25-12-9-21-15-26(25)39-19-28(35)32-16-20-7-10-23(11-8-20)40-27-18-34(17-24(27)33-29(21)36)30(37)31(13-14-31)22-5-3-2-4-6-22/h2-12,15,24,27H,13-14,16-19H2,1H3,(H,32,35)(H,33,36)/t24-,27-/m0/s1. The lowest BCUT2D eigenvalue weighted by Crippen LogP contribution is -2.45. The van der Waals surface area contributed by atoms with Crippen molar-refractivity contribution in [3.05, 3.63) is 89.5 Å². The number of likely N-dealkylation sites (tertiary alicyclic amines) is 1. The van der Waals surface area contributed by atoms with Gasteiger partial charge in [-0.1, -0.05) is 42.5 Å². The number of carbonyl (C=O) groups excluding carboxylic acids is 3. The smallest absolute Gasteiger partial charge is 0.258 e. The third-order valence-corrected chi connectivity index (χ3v) is 7.84. The lowest BCUT2D eigenvalue weighted by molar-refractivity contribution is -0.133. The minimum Gasteiger partial charge on any atom is -0.493 e. The Morgan fingerprint density at radius 1 is 1.00 bits per heavy atom. The Bertz CT molecular complexity index is 1420. The first-order chi connectivity index (χ1) is 19.4. The van der Waals surface area contributed by atoms with Gasteiger partial charge in [-0.2, -0.15) is 0 Å². The fourth-order valence-electron chi connectivity index (χ4n) is 5.45. The highest BCUT2D eigenvalue weighted by Gasteiger charge is 2.55. The number of hydrogen-bond acceptors (Lipinski definition) is 6. The molecule has 2 atom stereocenters. The van der Waals surface area contributed by atoms with E-state index in [1.54, 1.807) is 18.2 Å². The van der Waals surface area contributed by atoms with Gasteiger partial charge in [0.05, 0.1) is 25.1 Å². The number of amides is 3. The van der Waals surface area contributed by atoms with Gasteiger partial charge in [-0.05, 0) is 54.3 Å². The number of nitrogens with one attached hydrogen (secondary N) is 2. The van der Waals surface area contributed by atoms with E-state index in [-0.39, 0.29) is 30.1 Å². The molecule has 2 fully saturated rings. The summed E-state index contributed by atoms with van der Waals surface area (Å²) in [4.78, 5) is 41.4. The van der Waals surface area contributed by atoms with Crippen LogP contribution < -0.4 is 24.8 Å². The number of hydrogen-bond donors (Lipinski definition) is 2. The Morgan fingerprint density at radius 2 is 1.77 bits per heavy atom. The maximum absolute atomic E-state index is 13.8. The van der Waals surface area contributed by atoms with Gasteiger partial charge in [0.25, 0.3) is 11.8 Å². The number of methoxy groups -OCH3 is 1. The third kappa shape index (κ3) is 5.06.